The molecule has 2 aromatic heterocycles. The zero-order valence-corrected chi connectivity index (χ0v) is 7.56. The molecule has 0 aromatic carbocycles. The third-order valence-corrected chi connectivity index (χ3v) is 2.11. The highest BCUT2D eigenvalue weighted by Crippen LogP contribution is 2.16. The largest absolute Gasteiger partial charge is 0.478 e. The number of carbonyl (C=O) groups is 1. The van der Waals surface area contributed by atoms with Crippen LogP contribution < -0.4 is 0 Å². The summed E-state index contributed by atoms with van der Waals surface area (Å²) >= 11 is 0. The molecule has 0 aliphatic heterocycles. The van der Waals surface area contributed by atoms with Crippen molar-refractivity contribution in [2.24, 2.45) is 0 Å². The quantitative estimate of drug-likeness (QED) is 0.738. The van der Waals surface area contributed by atoms with Crippen molar-refractivity contribution in [2.45, 2.75) is 6.92 Å². The van der Waals surface area contributed by atoms with Crippen LogP contribution in [0.2, 0.25) is 0 Å². The van der Waals surface area contributed by atoms with Crippen molar-refractivity contribution in [2.75, 3.05) is 0 Å². The highest BCUT2D eigenvalue weighted by molar-refractivity contribution is 5.94. The molecule has 4 heteroatoms. The normalized spacial score (nSPS) is 10.4. The molecule has 0 atom stereocenters. The van der Waals surface area contributed by atoms with Gasteiger partial charge in [-0.1, -0.05) is 0 Å². The van der Waals surface area contributed by atoms with Crippen molar-refractivity contribution in [1.29, 1.82) is 0 Å². The maximum Gasteiger partial charge on any atom is 0.337 e. The van der Waals surface area contributed by atoms with Gasteiger partial charge in [0.05, 0.1) is 16.6 Å². The van der Waals surface area contributed by atoms with Gasteiger partial charge in [-0.05, 0) is 24.6 Å². The maximum atomic E-state index is 10.8. The summed E-state index contributed by atoms with van der Waals surface area (Å²) in [5.74, 6) is -0.970. The van der Waals surface area contributed by atoms with Crippen LogP contribution in [-0.4, -0.2) is 21.0 Å². The molecule has 70 valence electrons. The number of hydrogen-bond donors (Lipinski definition) is 1. The van der Waals surface area contributed by atoms with E-state index in [0.717, 1.165) is 5.52 Å². The third kappa shape index (κ3) is 1.21. The van der Waals surface area contributed by atoms with Gasteiger partial charge in [0.15, 0.2) is 0 Å². The van der Waals surface area contributed by atoms with Crippen LogP contribution in [0.1, 0.15) is 15.9 Å². The molecule has 1 N–H and O–H groups in total. The minimum atomic E-state index is -0.970. The van der Waals surface area contributed by atoms with Gasteiger partial charge in [-0.3, -0.25) is 9.97 Å². The summed E-state index contributed by atoms with van der Waals surface area (Å²) < 4.78 is 0. The zero-order valence-electron chi connectivity index (χ0n) is 7.56. The van der Waals surface area contributed by atoms with Crippen molar-refractivity contribution in [1.82, 2.24) is 9.97 Å². The van der Waals surface area contributed by atoms with Gasteiger partial charge in [-0.2, -0.15) is 0 Å². The molecular weight excluding hydrogens is 180 g/mol. The maximum absolute atomic E-state index is 10.8. The topological polar surface area (TPSA) is 63.1 Å². The van der Waals surface area contributed by atoms with E-state index in [9.17, 15) is 4.79 Å². The highest BCUT2D eigenvalue weighted by Gasteiger charge is 2.10. The van der Waals surface area contributed by atoms with E-state index in [1.165, 1.54) is 6.20 Å². The molecule has 0 bridgehead atoms. The molecule has 0 unspecified atom stereocenters. The van der Waals surface area contributed by atoms with E-state index in [1.54, 1.807) is 25.3 Å². The van der Waals surface area contributed by atoms with E-state index in [2.05, 4.69) is 9.97 Å². The molecule has 2 aromatic rings. The molecule has 0 saturated carbocycles. The number of aromatic nitrogens is 2. The smallest absolute Gasteiger partial charge is 0.337 e. The molecule has 0 fully saturated rings. The fourth-order valence-corrected chi connectivity index (χ4v) is 1.36. The van der Waals surface area contributed by atoms with Crippen LogP contribution in [0.4, 0.5) is 0 Å². The van der Waals surface area contributed by atoms with Gasteiger partial charge < -0.3 is 5.11 Å². The number of hydrogen-bond acceptors (Lipinski definition) is 3. The van der Waals surface area contributed by atoms with E-state index >= 15 is 0 Å². The number of carboxylic acids is 1. The van der Waals surface area contributed by atoms with Gasteiger partial charge in [0.25, 0.3) is 0 Å². The monoisotopic (exact) mass is 188 g/mol. The number of pyridine rings is 2. The molecule has 0 aliphatic rings. The summed E-state index contributed by atoms with van der Waals surface area (Å²) in [5, 5.41) is 8.86. The van der Waals surface area contributed by atoms with E-state index in [-0.39, 0.29) is 5.56 Å². The summed E-state index contributed by atoms with van der Waals surface area (Å²) in [6.45, 7) is 1.74. The van der Waals surface area contributed by atoms with E-state index < -0.39 is 5.97 Å². The Morgan fingerprint density at radius 2 is 2.21 bits per heavy atom. The molecule has 0 amide bonds. The minimum Gasteiger partial charge on any atom is -0.478 e. The number of carboxylic acid groups (broad SMARTS) is 1. The predicted molar refractivity (Wildman–Crippen MR) is 51.2 cm³/mol. The number of rotatable bonds is 1. The van der Waals surface area contributed by atoms with Gasteiger partial charge in [0.1, 0.15) is 0 Å². The van der Waals surface area contributed by atoms with Crippen LogP contribution in [0.5, 0.6) is 0 Å². The van der Waals surface area contributed by atoms with E-state index in [4.69, 9.17) is 5.11 Å². The predicted octanol–water partition coefficient (Wildman–Crippen LogP) is 1.64. The second-order valence-corrected chi connectivity index (χ2v) is 2.97. The molecule has 14 heavy (non-hydrogen) atoms. The van der Waals surface area contributed by atoms with Gasteiger partial charge >= 0.3 is 5.97 Å². The average molecular weight is 188 g/mol. The number of fused-ring (bicyclic) bond motifs is 1. The molecule has 4 nitrogen and oxygen atoms in total. The number of aryl methyl sites for hydroxylation is 1. The molecule has 0 spiro atoms. The van der Waals surface area contributed by atoms with Gasteiger partial charge in [-0.25, -0.2) is 4.79 Å². The second-order valence-electron chi connectivity index (χ2n) is 2.97. The van der Waals surface area contributed by atoms with Crippen LogP contribution in [0.3, 0.4) is 0 Å². The first-order chi connectivity index (χ1) is 6.70. The Balaban J connectivity index is 2.81. The van der Waals surface area contributed by atoms with Crippen LogP contribution in [0.15, 0.2) is 24.5 Å². The summed E-state index contributed by atoms with van der Waals surface area (Å²) in [4.78, 5) is 18.9. The van der Waals surface area contributed by atoms with Crippen LogP contribution >= 0.6 is 0 Å². The van der Waals surface area contributed by atoms with Crippen molar-refractivity contribution in [3.8, 4) is 0 Å². The van der Waals surface area contributed by atoms with E-state index in [1.807, 2.05) is 0 Å². The van der Waals surface area contributed by atoms with E-state index in [0.29, 0.717) is 11.1 Å². The lowest BCUT2D eigenvalue weighted by molar-refractivity contribution is 0.0696. The van der Waals surface area contributed by atoms with Crippen LogP contribution in [-0.2, 0) is 0 Å². The molecule has 2 rings (SSSR count). The van der Waals surface area contributed by atoms with Crippen molar-refractivity contribution < 1.29 is 9.90 Å². The average Bonchev–Trinajstić information content (AvgIpc) is 2.18. The van der Waals surface area contributed by atoms with Crippen LogP contribution in [0.25, 0.3) is 11.0 Å². The first-order valence-electron chi connectivity index (χ1n) is 4.14. The first kappa shape index (κ1) is 8.62. The van der Waals surface area contributed by atoms with Crippen molar-refractivity contribution in [3.63, 3.8) is 0 Å². The standard InChI is InChI=1S/C10H8N2O2/c1-6-7(10(13)14)5-12-8-3-2-4-11-9(6)8/h2-5H,1H3,(H,13,14). The molecule has 0 saturated heterocycles. The number of aromatic carboxylic acids is 1. The molecule has 0 aliphatic carbocycles. The van der Waals surface area contributed by atoms with Gasteiger partial charge in [-0.15, -0.1) is 0 Å². The van der Waals surface area contributed by atoms with Crippen molar-refractivity contribution >= 4 is 17.0 Å². The second kappa shape index (κ2) is 3.06. The Labute approximate surface area is 80.2 Å². The Hall–Kier alpha value is -1.97. The Morgan fingerprint density at radius 1 is 1.43 bits per heavy atom. The Kier molecular flexibility index (Phi) is 1.89. The van der Waals surface area contributed by atoms with Gasteiger partial charge in [0.2, 0.25) is 0 Å². The lowest BCUT2D eigenvalue weighted by Crippen LogP contribution is -2.02. The molecule has 0 radical (unpaired) electrons. The lowest BCUT2D eigenvalue weighted by Gasteiger charge is -2.02. The fourth-order valence-electron chi connectivity index (χ4n) is 1.36. The summed E-state index contributed by atoms with van der Waals surface area (Å²) in [6.07, 6.45) is 2.99. The fraction of sp³-hybridized carbons (Fsp3) is 0.100. The zero-order chi connectivity index (χ0) is 10.1. The van der Waals surface area contributed by atoms with Crippen molar-refractivity contribution in [3.05, 3.63) is 35.7 Å². The summed E-state index contributed by atoms with van der Waals surface area (Å²) in [6, 6.07) is 3.58. The minimum absolute atomic E-state index is 0.205. The molecule has 2 heterocycles. The third-order valence-electron chi connectivity index (χ3n) is 2.11. The lowest BCUT2D eigenvalue weighted by atomic mass is 10.1. The number of nitrogens with zero attached hydrogens (tertiary/aromatic N) is 2. The Morgan fingerprint density at radius 3 is 2.93 bits per heavy atom. The van der Waals surface area contributed by atoms with Gasteiger partial charge in [0, 0.05) is 12.4 Å². The SMILES string of the molecule is Cc1c(C(=O)O)cnc2cccnc12. The summed E-state index contributed by atoms with van der Waals surface area (Å²) in [5.41, 5.74) is 2.22. The summed E-state index contributed by atoms with van der Waals surface area (Å²) in [7, 11) is 0. The van der Waals surface area contributed by atoms with Crippen LogP contribution in [0, 0.1) is 6.92 Å². The highest BCUT2D eigenvalue weighted by atomic mass is 16.4. The molecular formula is C10H8N2O2. The Bertz CT molecular complexity index is 508. The first-order valence-corrected chi connectivity index (χ1v) is 4.14.